The number of hydrogen-bond acceptors (Lipinski definition) is 6. The third-order valence-electron chi connectivity index (χ3n) is 6.08. The third kappa shape index (κ3) is 4.67. The molecule has 0 atom stereocenters. The van der Waals surface area contributed by atoms with Crippen molar-refractivity contribution in [3.8, 4) is 22.6 Å². The molecule has 0 aliphatic carbocycles. The number of sulfonamides is 1. The van der Waals surface area contributed by atoms with Crippen molar-refractivity contribution in [1.82, 2.24) is 9.29 Å². The van der Waals surface area contributed by atoms with Gasteiger partial charge in [-0.2, -0.15) is 4.31 Å². The highest BCUT2D eigenvalue weighted by Gasteiger charge is 2.29. The number of nitrogens with one attached hydrogen (secondary N) is 1. The van der Waals surface area contributed by atoms with Crippen molar-refractivity contribution in [3.63, 3.8) is 0 Å². The minimum absolute atomic E-state index is 0.212. The van der Waals surface area contributed by atoms with Crippen LogP contribution in [-0.2, 0) is 10.0 Å². The number of nitrogens with zero attached hydrogens (tertiary/aromatic N) is 2. The standard InChI is InChI=1S/C25H27N3O4S/c1-18-2-9-25(26-17-18)27-21-10-12-28(13-11-21)33(29,30)22-6-3-19(4-7-22)20-5-8-23-24(16-20)32-15-14-31-23/h2-9,16-17,21H,10-15H2,1H3,(H,26,27). The number of hydrogen-bond donors (Lipinski definition) is 1. The molecule has 0 unspecified atom stereocenters. The highest BCUT2D eigenvalue weighted by atomic mass is 32.2. The van der Waals surface area contributed by atoms with Crippen LogP contribution in [0.25, 0.3) is 11.1 Å². The van der Waals surface area contributed by atoms with Gasteiger partial charge in [-0.05, 0) is 66.8 Å². The van der Waals surface area contributed by atoms with E-state index in [1.54, 1.807) is 16.4 Å². The smallest absolute Gasteiger partial charge is 0.243 e. The quantitative estimate of drug-likeness (QED) is 0.611. The number of piperidine rings is 1. The summed E-state index contributed by atoms with van der Waals surface area (Å²) in [7, 11) is -3.53. The Labute approximate surface area is 194 Å². The van der Waals surface area contributed by atoms with Crippen molar-refractivity contribution in [2.75, 3.05) is 31.6 Å². The Bertz CT molecular complexity index is 1220. The third-order valence-corrected chi connectivity index (χ3v) is 8.00. The van der Waals surface area contributed by atoms with Crippen LogP contribution in [0.15, 0.2) is 65.7 Å². The van der Waals surface area contributed by atoms with Gasteiger partial charge in [0, 0.05) is 25.3 Å². The molecule has 3 heterocycles. The first-order chi connectivity index (χ1) is 16.0. The Hall–Kier alpha value is -3.10. The maximum Gasteiger partial charge on any atom is 0.243 e. The van der Waals surface area contributed by atoms with Crippen molar-refractivity contribution in [2.45, 2.75) is 30.7 Å². The minimum Gasteiger partial charge on any atom is -0.486 e. The number of fused-ring (bicyclic) bond motifs is 1. The Morgan fingerprint density at radius 3 is 2.30 bits per heavy atom. The molecule has 0 spiro atoms. The Morgan fingerprint density at radius 1 is 0.909 bits per heavy atom. The van der Waals surface area contributed by atoms with E-state index in [1.807, 2.05) is 55.6 Å². The van der Waals surface area contributed by atoms with Crippen LogP contribution in [0.3, 0.4) is 0 Å². The molecule has 0 amide bonds. The molecule has 2 aliphatic heterocycles. The summed E-state index contributed by atoms with van der Waals surface area (Å²) in [5.41, 5.74) is 3.00. The first-order valence-corrected chi connectivity index (χ1v) is 12.6. The topological polar surface area (TPSA) is 80.8 Å². The average Bonchev–Trinajstić information content (AvgIpc) is 2.85. The summed E-state index contributed by atoms with van der Waals surface area (Å²) in [5, 5.41) is 3.42. The first kappa shape index (κ1) is 21.7. The summed E-state index contributed by atoms with van der Waals surface area (Å²) in [5.74, 6) is 2.28. The predicted molar refractivity (Wildman–Crippen MR) is 127 cm³/mol. The number of benzene rings is 2. The van der Waals surface area contributed by atoms with Crippen LogP contribution >= 0.6 is 0 Å². The average molecular weight is 466 g/mol. The van der Waals surface area contributed by atoms with Gasteiger partial charge in [0.25, 0.3) is 0 Å². The van der Waals surface area contributed by atoms with Crippen LogP contribution in [0, 0.1) is 6.92 Å². The fourth-order valence-electron chi connectivity index (χ4n) is 4.19. The zero-order chi connectivity index (χ0) is 22.8. The highest BCUT2D eigenvalue weighted by Crippen LogP contribution is 2.35. The van der Waals surface area contributed by atoms with Crippen molar-refractivity contribution in [2.24, 2.45) is 0 Å². The molecule has 0 saturated carbocycles. The van der Waals surface area contributed by atoms with Crippen molar-refractivity contribution in [3.05, 3.63) is 66.4 Å². The molecule has 172 valence electrons. The maximum atomic E-state index is 13.2. The molecule has 1 fully saturated rings. The largest absolute Gasteiger partial charge is 0.486 e. The lowest BCUT2D eigenvalue weighted by atomic mass is 10.1. The Kier molecular flexibility index (Phi) is 5.95. The summed E-state index contributed by atoms with van der Waals surface area (Å²) in [6, 6.07) is 17.0. The molecule has 1 aromatic heterocycles. The number of aromatic nitrogens is 1. The zero-order valence-electron chi connectivity index (χ0n) is 18.5. The molecule has 3 aromatic rings. The number of rotatable bonds is 5. The molecule has 33 heavy (non-hydrogen) atoms. The van der Waals surface area contributed by atoms with Crippen LogP contribution in [0.5, 0.6) is 11.5 Å². The van der Waals surface area contributed by atoms with Gasteiger partial charge < -0.3 is 14.8 Å². The lowest BCUT2D eigenvalue weighted by Crippen LogP contribution is -2.42. The van der Waals surface area contributed by atoms with E-state index in [2.05, 4.69) is 10.3 Å². The number of pyridine rings is 1. The van der Waals surface area contributed by atoms with Gasteiger partial charge in [0.15, 0.2) is 11.5 Å². The van der Waals surface area contributed by atoms with Gasteiger partial charge in [-0.25, -0.2) is 13.4 Å². The minimum atomic E-state index is -3.53. The zero-order valence-corrected chi connectivity index (χ0v) is 19.3. The van der Waals surface area contributed by atoms with Gasteiger partial charge >= 0.3 is 0 Å². The molecule has 0 bridgehead atoms. The van der Waals surface area contributed by atoms with E-state index < -0.39 is 10.0 Å². The lowest BCUT2D eigenvalue weighted by Gasteiger charge is -2.32. The van der Waals surface area contributed by atoms with Crippen LogP contribution < -0.4 is 14.8 Å². The summed E-state index contributed by atoms with van der Waals surface area (Å²) in [6.45, 7) is 4.05. The van der Waals surface area contributed by atoms with E-state index >= 15 is 0 Å². The molecule has 8 heteroatoms. The van der Waals surface area contributed by atoms with Crippen LogP contribution in [0.1, 0.15) is 18.4 Å². The Balaban J connectivity index is 1.24. The second-order valence-electron chi connectivity index (χ2n) is 8.43. The van der Waals surface area contributed by atoms with Gasteiger partial charge in [0.05, 0.1) is 4.90 Å². The van der Waals surface area contributed by atoms with E-state index in [1.165, 1.54) is 0 Å². The van der Waals surface area contributed by atoms with E-state index in [-0.39, 0.29) is 6.04 Å². The van der Waals surface area contributed by atoms with E-state index in [0.29, 0.717) is 36.9 Å². The number of ether oxygens (including phenoxy) is 2. The summed E-state index contributed by atoms with van der Waals surface area (Å²) >= 11 is 0. The van der Waals surface area contributed by atoms with Crippen molar-refractivity contribution < 1.29 is 17.9 Å². The highest BCUT2D eigenvalue weighted by molar-refractivity contribution is 7.89. The predicted octanol–water partition coefficient (Wildman–Crippen LogP) is 4.09. The SMILES string of the molecule is Cc1ccc(NC2CCN(S(=O)(=O)c3ccc(-c4ccc5c(c4)OCCO5)cc3)CC2)nc1. The maximum absolute atomic E-state index is 13.2. The molecule has 2 aliphatic rings. The molecule has 2 aromatic carbocycles. The van der Waals surface area contributed by atoms with Crippen molar-refractivity contribution in [1.29, 1.82) is 0 Å². The summed E-state index contributed by atoms with van der Waals surface area (Å²) in [4.78, 5) is 4.70. The molecule has 5 rings (SSSR count). The molecule has 0 radical (unpaired) electrons. The Morgan fingerprint density at radius 2 is 1.61 bits per heavy atom. The molecular weight excluding hydrogens is 438 g/mol. The summed E-state index contributed by atoms with van der Waals surface area (Å²) in [6.07, 6.45) is 3.31. The molecule has 1 saturated heterocycles. The van der Waals surface area contributed by atoms with Gasteiger partial charge in [0.2, 0.25) is 10.0 Å². The van der Waals surface area contributed by atoms with Gasteiger partial charge in [-0.15, -0.1) is 0 Å². The van der Waals surface area contributed by atoms with E-state index in [4.69, 9.17) is 9.47 Å². The van der Waals surface area contributed by atoms with Crippen LogP contribution in [0.4, 0.5) is 5.82 Å². The van der Waals surface area contributed by atoms with Crippen LogP contribution in [0.2, 0.25) is 0 Å². The van der Waals surface area contributed by atoms with Gasteiger partial charge in [0.1, 0.15) is 19.0 Å². The van der Waals surface area contributed by atoms with Gasteiger partial charge in [-0.1, -0.05) is 24.3 Å². The first-order valence-electron chi connectivity index (χ1n) is 11.2. The van der Waals surface area contributed by atoms with E-state index in [0.717, 1.165) is 41.1 Å². The number of anilines is 1. The summed E-state index contributed by atoms with van der Waals surface area (Å²) < 4.78 is 39.2. The molecular formula is C25H27N3O4S. The molecule has 7 nitrogen and oxygen atoms in total. The van der Waals surface area contributed by atoms with Crippen LogP contribution in [-0.4, -0.2) is 50.1 Å². The fourth-order valence-corrected chi connectivity index (χ4v) is 5.66. The monoisotopic (exact) mass is 465 g/mol. The normalized spacial score (nSPS) is 17.0. The second-order valence-corrected chi connectivity index (χ2v) is 10.4. The number of aryl methyl sites for hydroxylation is 1. The fraction of sp³-hybridized carbons (Fsp3) is 0.320. The van der Waals surface area contributed by atoms with Gasteiger partial charge in [-0.3, -0.25) is 0 Å². The van der Waals surface area contributed by atoms with E-state index in [9.17, 15) is 8.42 Å². The van der Waals surface area contributed by atoms with Crippen molar-refractivity contribution >= 4 is 15.8 Å². The lowest BCUT2D eigenvalue weighted by molar-refractivity contribution is 0.171. The molecule has 1 N–H and O–H groups in total. The second kappa shape index (κ2) is 9.03.